The molecule has 0 bridgehead atoms. The highest BCUT2D eigenvalue weighted by molar-refractivity contribution is 5.51. The average molecular weight is 267 g/mol. The SMILES string of the molecule is COCCN.N.NCc1nnc(-c2ccccc2)o1. The third-order valence-electron chi connectivity index (χ3n) is 1.98. The zero-order valence-corrected chi connectivity index (χ0v) is 11.1. The van der Waals surface area contributed by atoms with Crippen LogP contribution in [0.15, 0.2) is 34.7 Å². The molecule has 2 aromatic rings. The number of rotatable bonds is 4. The number of nitrogens with two attached hydrogens (primary N) is 2. The van der Waals surface area contributed by atoms with Gasteiger partial charge in [-0.25, -0.2) is 0 Å². The van der Waals surface area contributed by atoms with Crippen LogP contribution in [0.25, 0.3) is 11.5 Å². The predicted molar refractivity (Wildman–Crippen MR) is 73.6 cm³/mol. The molecule has 0 atom stereocenters. The molecule has 0 aliphatic carbocycles. The van der Waals surface area contributed by atoms with Crippen molar-refractivity contribution in [2.75, 3.05) is 20.3 Å². The number of ether oxygens (including phenoxy) is 1. The van der Waals surface area contributed by atoms with E-state index in [1.807, 2.05) is 30.3 Å². The van der Waals surface area contributed by atoms with E-state index in [0.717, 1.165) is 5.56 Å². The molecule has 106 valence electrons. The smallest absolute Gasteiger partial charge is 0.247 e. The Bertz CT molecular complexity index is 431. The molecule has 0 saturated heterocycles. The lowest BCUT2D eigenvalue weighted by Crippen LogP contribution is -2.05. The lowest BCUT2D eigenvalue weighted by Gasteiger charge is -1.91. The van der Waals surface area contributed by atoms with Crippen LogP contribution in [0, 0.1) is 0 Å². The molecule has 0 aliphatic heterocycles. The molecule has 0 saturated carbocycles. The molecular weight excluding hydrogens is 246 g/mol. The van der Waals surface area contributed by atoms with Crippen molar-refractivity contribution in [2.45, 2.75) is 6.54 Å². The molecular formula is C12H21N5O2. The highest BCUT2D eigenvalue weighted by Crippen LogP contribution is 2.16. The van der Waals surface area contributed by atoms with Crippen molar-refractivity contribution in [2.24, 2.45) is 11.5 Å². The zero-order chi connectivity index (χ0) is 13.2. The molecule has 0 fully saturated rings. The first-order valence-corrected chi connectivity index (χ1v) is 5.58. The summed E-state index contributed by atoms with van der Waals surface area (Å²) in [6, 6.07) is 9.59. The highest BCUT2D eigenvalue weighted by Gasteiger charge is 2.05. The molecule has 0 aliphatic rings. The Morgan fingerprint density at radius 3 is 2.26 bits per heavy atom. The van der Waals surface area contributed by atoms with Crippen molar-refractivity contribution in [3.63, 3.8) is 0 Å². The fraction of sp³-hybridized carbons (Fsp3) is 0.333. The van der Waals surface area contributed by atoms with E-state index in [9.17, 15) is 0 Å². The molecule has 7 N–H and O–H groups in total. The van der Waals surface area contributed by atoms with Crippen molar-refractivity contribution >= 4 is 0 Å². The van der Waals surface area contributed by atoms with Crippen molar-refractivity contribution in [1.82, 2.24) is 16.3 Å². The van der Waals surface area contributed by atoms with Crippen LogP contribution >= 0.6 is 0 Å². The Morgan fingerprint density at radius 2 is 1.84 bits per heavy atom. The highest BCUT2D eigenvalue weighted by atomic mass is 16.5. The molecule has 1 aromatic carbocycles. The van der Waals surface area contributed by atoms with Gasteiger partial charge in [0.05, 0.1) is 13.2 Å². The molecule has 0 radical (unpaired) electrons. The second-order valence-corrected chi connectivity index (χ2v) is 3.35. The summed E-state index contributed by atoms with van der Waals surface area (Å²) in [7, 11) is 1.63. The number of aromatic nitrogens is 2. The van der Waals surface area contributed by atoms with Crippen LogP contribution in [-0.2, 0) is 11.3 Å². The normalized spacial score (nSPS) is 9.21. The number of benzene rings is 1. The molecule has 2 rings (SSSR count). The number of methoxy groups -OCH3 is 1. The van der Waals surface area contributed by atoms with E-state index in [4.69, 9.17) is 15.9 Å². The van der Waals surface area contributed by atoms with Crippen LogP contribution < -0.4 is 17.6 Å². The summed E-state index contributed by atoms with van der Waals surface area (Å²) in [6.07, 6.45) is 0. The van der Waals surface area contributed by atoms with Crippen molar-refractivity contribution in [3.8, 4) is 11.5 Å². The minimum atomic E-state index is 0. The Labute approximate surface area is 112 Å². The largest absolute Gasteiger partial charge is 0.419 e. The molecule has 19 heavy (non-hydrogen) atoms. The third-order valence-corrected chi connectivity index (χ3v) is 1.98. The van der Waals surface area contributed by atoms with Gasteiger partial charge in [-0.1, -0.05) is 18.2 Å². The maximum absolute atomic E-state index is 5.34. The van der Waals surface area contributed by atoms with Crippen LogP contribution in [0.1, 0.15) is 5.89 Å². The quantitative estimate of drug-likeness (QED) is 0.750. The van der Waals surface area contributed by atoms with Crippen LogP contribution in [0.4, 0.5) is 0 Å². The summed E-state index contributed by atoms with van der Waals surface area (Å²) in [4.78, 5) is 0. The maximum Gasteiger partial charge on any atom is 0.247 e. The van der Waals surface area contributed by atoms with Gasteiger partial charge in [0.2, 0.25) is 11.8 Å². The lowest BCUT2D eigenvalue weighted by atomic mass is 10.2. The predicted octanol–water partition coefficient (Wildman–Crippen LogP) is 0.949. The summed E-state index contributed by atoms with van der Waals surface area (Å²) in [6.45, 7) is 1.57. The minimum absolute atomic E-state index is 0. The van der Waals surface area contributed by atoms with Crippen molar-refractivity contribution < 1.29 is 9.15 Å². The molecule has 7 heteroatoms. The topological polar surface area (TPSA) is 135 Å². The van der Waals surface area contributed by atoms with E-state index in [2.05, 4.69) is 14.9 Å². The molecule has 0 unspecified atom stereocenters. The van der Waals surface area contributed by atoms with Gasteiger partial charge in [0.15, 0.2) is 0 Å². The molecule has 0 spiro atoms. The van der Waals surface area contributed by atoms with Crippen LogP contribution in [0.5, 0.6) is 0 Å². The van der Waals surface area contributed by atoms with E-state index in [1.165, 1.54) is 0 Å². The second kappa shape index (κ2) is 10.2. The van der Waals surface area contributed by atoms with Gasteiger partial charge < -0.3 is 26.8 Å². The fourth-order valence-corrected chi connectivity index (χ4v) is 1.15. The van der Waals surface area contributed by atoms with Gasteiger partial charge in [0.25, 0.3) is 0 Å². The lowest BCUT2D eigenvalue weighted by molar-refractivity contribution is 0.207. The van der Waals surface area contributed by atoms with Gasteiger partial charge in [-0.3, -0.25) is 0 Å². The van der Waals surface area contributed by atoms with Crippen LogP contribution in [0.2, 0.25) is 0 Å². The van der Waals surface area contributed by atoms with Gasteiger partial charge in [0.1, 0.15) is 0 Å². The maximum atomic E-state index is 5.34. The third kappa shape index (κ3) is 6.07. The minimum Gasteiger partial charge on any atom is -0.419 e. The number of nitrogens with zero attached hydrogens (tertiary/aromatic N) is 2. The van der Waals surface area contributed by atoms with Gasteiger partial charge in [-0.05, 0) is 12.1 Å². The van der Waals surface area contributed by atoms with E-state index < -0.39 is 0 Å². The summed E-state index contributed by atoms with van der Waals surface area (Å²) >= 11 is 0. The first-order chi connectivity index (χ1) is 8.81. The molecule has 0 amide bonds. The van der Waals surface area contributed by atoms with Crippen LogP contribution in [0.3, 0.4) is 0 Å². The van der Waals surface area contributed by atoms with E-state index in [-0.39, 0.29) is 12.7 Å². The van der Waals surface area contributed by atoms with E-state index >= 15 is 0 Å². The van der Waals surface area contributed by atoms with E-state index in [1.54, 1.807) is 7.11 Å². The van der Waals surface area contributed by atoms with Crippen molar-refractivity contribution in [1.29, 1.82) is 0 Å². The van der Waals surface area contributed by atoms with E-state index in [0.29, 0.717) is 24.9 Å². The monoisotopic (exact) mass is 267 g/mol. The van der Waals surface area contributed by atoms with Crippen LogP contribution in [-0.4, -0.2) is 30.5 Å². The first-order valence-electron chi connectivity index (χ1n) is 5.58. The number of hydrogen-bond acceptors (Lipinski definition) is 7. The Kier molecular flexibility index (Phi) is 9.19. The van der Waals surface area contributed by atoms with Gasteiger partial charge in [0, 0.05) is 19.2 Å². The summed E-state index contributed by atoms with van der Waals surface area (Å²) in [5.41, 5.74) is 11.3. The Hall–Kier alpha value is -1.80. The average Bonchev–Trinajstić information content (AvgIpc) is 2.90. The standard InChI is InChI=1S/C9H9N3O.C3H9NO.H3N/c10-6-8-11-12-9(13-8)7-4-2-1-3-5-7;1-5-3-2-4;/h1-5H,6,10H2;2-4H2,1H3;1H3. The van der Waals surface area contributed by atoms with Gasteiger partial charge >= 0.3 is 0 Å². The Balaban J connectivity index is 0.000000471. The molecule has 1 aromatic heterocycles. The van der Waals surface area contributed by atoms with Gasteiger partial charge in [-0.2, -0.15) is 0 Å². The summed E-state index contributed by atoms with van der Waals surface area (Å²) < 4.78 is 9.84. The second-order valence-electron chi connectivity index (χ2n) is 3.35. The summed E-state index contributed by atoms with van der Waals surface area (Å²) in [5.74, 6) is 0.972. The Morgan fingerprint density at radius 1 is 1.16 bits per heavy atom. The fourth-order valence-electron chi connectivity index (χ4n) is 1.15. The first kappa shape index (κ1) is 17.2. The zero-order valence-electron chi connectivity index (χ0n) is 11.1. The van der Waals surface area contributed by atoms with Gasteiger partial charge in [-0.15, -0.1) is 10.2 Å². The molecule has 1 heterocycles. The molecule has 7 nitrogen and oxygen atoms in total. The summed E-state index contributed by atoms with van der Waals surface area (Å²) in [5, 5.41) is 7.63. The number of hydrogen-bond donors (Lipinski definition) is 3. The van der Waals surface area contributed by atoms with Crippen molar-refractivity contribution in [3.05, 3.63) is 36.2 Å².